The molecule has 0 radical (unpaired) electrons. The van der Waals surface area contributed by atoms with Crippen molar-refractivity contribution >= 4 is 55.9 Å². The zero-order valence-electron chi connectivity index (χ0n) is 57.4. The number of nitrogens with zero attached hydrogens (tertiary/aromatic N) is 3. The smallest absolute Gasteiger partial charge is 0.0714 e. The second-order valence-electron chi connectivity index (χ2n) is 27.7. The first-order valence-electron chi connectivity index (χ1n) is 35.8. The van der Waals surface area contributed by atoms with Gasteiger partial charge in [0.05, 0.1) is 21.9 Å². The van der Waals surface area contributed by atoms with Crippen LogP contribution in [0, 0.1) is 13.8 Å². The maximum atomic E-state index is 2.52. The van der Waals surface area contributed by atoms with Gasteiger partial charge in [0.15, 0.2) is 0 Å². The molecule has 19 rings (SSSR count). The molecule has 1 aromatic heterocycles. The lowest BCUT2D eigenvalue weighted by Crippen LogP contribution is -2.29. The molecular formula is C100H71N3. The molecular weight excluding hydrogens is 1240 g/mol. The molecule has 0 aliphatic heterocycles. The van der Waals surface area contributed by atoms with Crippen LogP contribution in [-0.2, 0) is 10.8 Å². The third-order valence-electron chi connectivity index (χ3n) is 21.8. The fraction of sp³-hybridized carbons (Fsp3) is 0.0400. The molecule has 0 spiro atoms. The lowest BCUT2D eigenvalue weighted by molar-refractivity contribution is 0.766. The van der Waals surface area contributed by atoms with Crippen molar-refractivity contribution < 1.29 is 0 Å². The second kappa shape index (κ2) is 25.0. The van der Waals surface area contributed by atoms with Gasteiger partial charge in [0.1, 0.15) is 0 Å². The molecule has 486 valence electrons. The number of benzene rings is 16. The van der Waals surface area contributed by atoms with Crippen molar-refractivity contribution in [1.82, 2.24) is 4.57 Å². The molecule has 0 saturated heterocycles. The Bertz CT molecular complexity index is 5760. The standard InChI is InChI=1S/C100H71N3/c1-68-41-55-87-89-57-53-85(66-95(89)99(93(87)61-68,76-30-14-5-15-31-76)77-32-16-6-17-33-77)102(86-54-58-90-88-56-42-69(2)62-94(88)100(96(90)67-86,78-34-18-7-19-35-78)79-36-20-8-21-37-79)81-47-43-72(44-48-81)75-46-60-98-92(65-75)91-64-74(71-27-12-4-13-28-71)45-59-97(91)103(98)83-51-49-82(50-52-83)101(80-38-22-9-23-39-80)84-40-24-29-73(63-84)70-25-10-3-11-26-70/h3-67H,1-2H3. The van der Waals surface area contributed by atoms with Crippen molar-refractivity contribution in [3.63, 3.8) is 0 Å². The van der Waals surface area contributed by atoms with E-state index in [9.17, 15) is 0 Å². The summed E-state index contributed by atoms with van der Waals surface area (Å²) in [4.78, 5) is 4.87. The van der Waals surface area contributed by atoms with Crippen LogP contribution in [0.2, 0.25) is 0 Å². The summed E-state index contributed by atoms with van der Waals surface area (Å²) in [5, 5.41) is 2.38. The zero-order valence-corrected chi connectivity index (χ0v) is 57.4. The molecule has 2 aliphatic rings. The summed E-state index contributed by atoms with van der Waals surface area (Å²) < 4.78 is 2.44. The van der Waals surface area contributed by atoms with Crippen molar-refractivity contribution in [2.45, 2.75) is 24.7 Å². The van der Waals surface area contributed by atoms with Gasteiger partial charge in [-0.2, -0.15) is 0 Å². The van der Waals surface area contributed by atoms with Gasteiger partial charge >= 0.3 is 0 Å². The highest BCUT2D eigenvalue weighted by Gasteiger charge is 2.48. The molecule has 0 N–H and O–H groups in total. The van der Waals surface area contributed by atoms with Gasteiger partial charge in [-0.15, -0.1) is 0 Å². The molecule has 0 bridgehead atoms. The van der Waals surface area contributed by atoms with Gasteiger partial charge in [-0.25, -0.2) is 0 Å². The number of aromatic nitrogens is 1. The molecule has 0 fully saturated rings. The minimum absolute atomic E-state index is 0.606. The third kappa shape index (κ3) is 10.0. The maximum absolute atomic E-state index is 2.52. The quantitative estimate of drug-likeness (QED) is 0.107. The minimum Gasteiger partial charge on any atom is -0.310 e. The highest BCUT2D eigenvalue weighted by molar-refractivity contribution is 6.12. The third-order valence-corrected chi connectivity index (χ3v) is 21.8. The summed E-state index contributed by atoms with van der Waals surface area (Å²) in [7, 11) is 0. The molecule has 3 heteroatoms. The topological polar surface area (TPSA) is 11.4 Å². The number of para-hydroxylation sites is 1. The first-order valence-corrected chi connectivity index (χ1v) is 35.8. The van der Waals surface area contributed by atoms with E-state index in [0.717, 1.165) is 62.0 Å². The monoisotopic (exact) mass is 1310 g/mol. The van der Waals surface area contributed by atoms with Crippen molar-refractivity contribution in [1.29, 1.82) is 0 Å². The highest BCUT2D eigenvalue weighted by atomic mass is 15.1. The van der Waals surface area contributed by atoms with Gasteiger partial charge in [-0.05, 0) is 223 Å². The predicted molar refractivity (Wildman–Crippen MR) is 431 cm³/mol. The molecule has 16 aromatic carbocycles. The Hall–Kier alpha value is -13.1. The summed E-state index contributed by atoms with van der Waals surface area (Å²) >= 11 is 0. The molecule has 0 saturated carbocycles. The van der Waals surface area contributed by atoms with Crippen LogP contribution in [0.4, 0.5) is 34.1 Å². The summed E-state index contributed by atoms with van der Waals surface area (Å²) in [6, 6.07) is 147. The fourth-order valence-corrected chi connectivity index (χ4v) is 17.2. The summed E-state index contributed by atoms with van der Waals surface area (Å²) in [6.07, 6.45) is 0. The minimum atomic E-state index is -0.606. The van der Waals surface area contributed by atoms with Crippen LogP contribution < -0.4 is 9.80 Å². The van der Waals surface area contributed by atoms with Gasteiger partial charge in [0, 0.05) is 50.6 Å². The van der Waals surface area contributed by atoms with Crippen LogP contribution in [-0.4, -0.2) is 4.57 Å². The van der Waals surface area contributed by atoms with Crippen molar-refractivity contribution in [3.8, 4) is 61.3 Å². The number of rotatable bonds is 14. The molecule has 0 atom stereocenters. The van der Waals surface area contributed by atoms with Crippen molar-refractivity contribution in [3.05, 3.63) is 450 Å². The van der Waals surface area contributed by atoms with E-state index < -0.39 is 10.8 Å². The van der Waals surface area contributed by atoms with Gasteiger partial charge in [0.25, 0.3) is 0 Å². The van der Waals surface area contributed by atoms with Crippen molar-refractivity contribution in [2.24, 2.45) is 0 Å². The number of hydrogen-bond donors (Lipinski definition) is 0. The molecule has 1 heterocycles. The van der Waals surface area contributed by atoms with Crippen LogP contribution in [0.15, 0.2) is 394 Å². The first-order chi connectivity index (χ1) is 50.9. The molecule has 17 aromatic rings. The van der Waals surface area contributed by atoms with Gasteiger partial charge < -0.3 is 14.4 Å². The largest absolute Gasteiger partial charge is 0.310 e. The van der Waals surface area contributed by atoms with Gasteiger partial charge in [0.2, 0.25) is 0 Å². The average molecular weight is 1310 g/mol. The molecule has 2 aliphatic carbocycles. The van der Waals surface area contributed by atoms with E-state index in [0.29, 0.717) is 0 Å². The van der Waals surface area contributed by atoms with E-state index in [1.165, 1.54) is 111 Å². The van der Waals surface area contributed by atoms with Crippen molar-refractivity contribution in [2.75, 3.05) is 9.80 Å². The van der Waals surface area contributed by atoms with E-state index in [1.54, 1.807) is 0 Å². The maximum Gasteiger partial charge on any atom is 0.0714 e. The Morgan fingerprint density at radius 1 is 0.214 bits per heavy atom. The molecule has 0 amide bonds. The number of aryl methyl sites for hydroxylation is 2. The summed E-state index contributed by atoms with van der Waals surface area (Å²) in [6.45, 7) is 4.45. The second-order valence-corrected chi connectivity index (χ2v) is 27.7. The Kier molecular flexibility index (Phi) is 14.8. The van der Waals surface area contributed by atoms with Gasteiger partial charge in [-0.3, -0.25) is 0 Å². The number of hydrogen-bond acceptors (Lipinski definition) is 2. The Morgan fingerprint density at radius 3 is 0.932 bits per heavy atom. The van der Waals surface area contributed by atoms with Gasteiger partial charge in [-0.1, -0.05) is 296 Å². The highest BCUT2D eigenvalue weighted by Crippen LogP contribution is 2.60. The average Bonchev–Trinajstić information content (AvgIpc) is 1.55. The van der Waals surface area contributed by atoms with E-state index in [-0.39, 0.29) is 0 Å². The van der Waals surface area contributed by atoms with Crippen LogP contribution in [0.1, 0.15) is 55.6 Å². The van der Waals surface area contributed by atoms with E-state index in [1.807, 2.05) is 0 Å². The van der Waals surface area contributed by atoms with Crippen LogP contribution in [0.5, 0.6) is 0 Å². The lowest BCUT2D eigenvalue weighted by atomic mass is 9.67. The molecule has 3 nitrogen and oxygen atoms in total. The van der Waals surface area contributed by atoms with E-state index in [2.05, 4.69) is 423 Å². The van der Waals surface area contributed by atoms with E-state index in [4.69, 9.17) is 0 Å². The number of anilines is 6. The number of fused-ring (bicyclic) bond motifs is 9. The lowest BCUT2D eigenvalue weighted by Gasteiger charge is -2.36. The van der Waals surface area contributed by atoms with E-state index >= 15 is 0 Å². The molecule has 0 unspecified atom stereocenters. The van der Waals surface area contributed by atoms with Crippen LogP contribution in [0.25, 0.3) is 83.1 Å². The summed E-state index contributed by atoms with van der Waals surface area (Å²) in [5.74, 6) is 0. The zero-order chi connectivity index (χ0) is 68.6. The van der Waals surface area contributed by atoms with Crippen LogP contribution in [0.3, 0.4) is 0 Å². The SMILES string of the molecule is Cc1ccc2c(c1)C(c1ccccc1)(c1ccccc1)c1cc(N(c3ccc(-c4ccc5c(c4)c4cc(-c6ccccc6)ccc4n5-c4ccc(N(c5ccccc5)c5cccc(-c6ccccc6)c5)cc4)cc3)c3ccc4c(c3)C(c3ccccc3)(c3ccccc3)c3cc(C)ccc3-4)ccc1-2. The Balaban J connectivity index is 0.775. The molecule has 103 heavy (non-hydrogen) atoms. The summed E-state index contributed by atoms with van der Waals surface area (Å²) in [5.41, 5.74) is 33.2. The fourth-order valence-electron chi connectivity index (χ4n) is 17.2. The predicted octanol–water partition coefficient (Wildman–Crippen LogP) is 26.1. The Labute approximate surface area is 602 Å². The Morgan fingerprint density at radius 2 is 0.505 bits per heavy atom. The normalized spacial score (nSPS) is 12.9. The van der Waals surface area contributed by atoms with Crippen LogP contribution >= 0.6 is 0 Å². The first kappa shape index (κ1) is 61.0.